The number of hydrogen-bond donors (Lipinski definition) is 1. The number of esters is 1. The van der Waals surface area contributed by atoms with Crippen LogP contribution < -0.4 is 9.62 Å². The molecule has 0 bridgehead atoms. The molecule has 2 aromatic carbocycles. The standard InChI is InChI=1S/C19H22N2O5S/c1-3-26-19(23)17-11-7-8-12-18(17)21(15(2)22)14-13-20-27(24,25)16-9-5-4-6-10-16/h4-12,20H,3,13-14H2,1-2H3. The van der Waals surface area contributed by atoms with Gasteiger partial charge in [-0.05, 0) is 31.2 Å². The lowest BCUT2D eigenvalue weighted by Gasteiger charge is -2.23. The molecule has 7 nitrogen and oxygen atoms in total. The molecule has 0 atom stereocenters. The van der Waals surface area contributed by atoms with E-state index in [9.17, 15) is 18.0 Å². The highest BCUT2D eigenvalue weighted by Gasteiger charge is 2.21. The number of benzene rings is 2. The van der Waals surface area contributed by atoms with Crippen molar-refractivity contribution in [1.82, 2.24) is 4.72 Å². The average molecular weight is 390 g/mol. The molecule has 0 spiro atoms. The van der Waals surface area contributed by atoms with Gasteiger partial charge in [0, 0.05) is 20.0 Å². The van der Waals surface area contributed by atoms with Gasteiger partial charge < -0.3 is 9.64 Å². The molecule has 0 aliphatic heterocycles. The second kappa shape index (κ2) is 9.29. The number of carbonyl (C=O) groups is 2. The first-order valence-corrected chi connectivity index (χ1v) is 9.94. The first-order valence-electron chi connectivity index (χ1n) is 8.45. The first kappa shape index (κ1) is 20.6. The van der Waals surface area contributed by atoms with E-state index in [4.69, 9.17) is 4.74 Å². The van der Waals surface area contributed by atoms with Crippen LogP contribution in [0.4, 0.5) is 5.69 Å². The minimum Gasteiger partial charge on any atom is -0.462 e. The largest absolute Gasteiger partial charge is 0.462 e. The van der Waals surface area contributed by atoms with Gasteiger partial charge in [0.1, 0.15) is 0 Å². The number of carbonyl (C=O) groups excluding carboxylic acids is 2. The van der Waals surface area contributed by atoms with Crippen molar-refractivity contribution in [2.45, 2.75) is 18.7 Å². The molecule has 8 heteroatoms. The lowest BCUT2D eigenvalue weighted by molar-refractivity contribution is -0.116. The van der Waals surface area contributed by atoms with Gasteiger partial charge in [0.05, 0.1) is 22.8 Å². The Morgan fingerprint density at radius 2 is 1.67 bits per heavy atom. The Bertz CT molecular complexity index is 897. The number of nitrogens with zero attached hydrogens (tertiary/aromatic N) is 1. The summed E-state index contributed by atoms with van der Waals surface area (Å²) < 4.78 is 32.1. The summed E-state index contributed by atoms with van der Waals surface area (Å²) in [6, 6.07) is 14.5. The number of para-hydroxylation sites is 1. The van der Waals surface area contributed by atoms with Crippen molar-refractivity contribution in [3.63, 3.8) is 0 Å². The van der Waals surface area contributed by atoms with E-state index >= 15 is 0 Å². The maximum atomic E-state index is 12.3. The van der Waals surface area contributed by atoms with E-state index in [-0.39, 0.29) is 36.1 Å². The number of nitrogens with one attached hydrogen (secondary N) is 1. The first-order chi connectivity index (χ1) is 12.9. The summed E-state index contributed by atoms with van der Waals surface area (Å²) in [5, 5.41) is 0. The summed E-state index contributed by atoms with van der Waals surface area (Å²) >= 11 is 0. The fourth-order valence-corrected chi connectivity index (χ4v) is 3.55. The van der Waals surface area contributed by atoms with Gasteiger partial charge in [-0.15, -0.1) is 0 Å². The minimum atomic E-state index is -3.68. The van der Waals surface area contributed by atoms with E-state index in [1.54, 1.807) is 49.4 Å². The number of ether oxygens (including phenoxy) is 1. The van der Waals surface area contributed by atoms with Crippen LogP contribution in [0.3, 0.4) is 0 Å². The van der Waals surface area contributed by atoms with Crippen LogP contribution in [0.25, 0.3) is 0 Å². The van der Waals surface area contributed by atoms with Crippen molar-refractivity contribution < 1.29 is 22.7 Å². The SMILES string of the molecule is CCOC(=O)c1ccccc1N(CCNS(=O)(=O)c1ccccc1)C(C)=O. The van der Waals surface area contributed by atoms with E-state index in [0.717, 1.165) is 0 Å². The van der Waals surface area contributed by atoms with Crippen LogP contribution in [0.1, 0.15) is 24.2 Å². The lowest BCUT2D eigenvalue weighted by atomic mass is 10.1. The van der Waals surface area contributed by atoms with Crippen molar-refractivity contribution in [2.24, 2.45) is 0 Å². The second-order valence-corrected chi connectivity index (χ2v) is 7.39. The van der Waals surface area contributed by atoms with Gasteiger partial charge in [-0.3, -0.25) is 4.79 Å². The minimum absolute atomic E-state index is 0.00598. The number of sulfonamides is 1. The van der Waals surface area contributed by atoms with Gasteiger partial charge in [-0.2, -0.15) is 0 Å². The molecule has 27 heavy (non-hydrogen) atoms. The second-order valence-electron chi connectivity index (χ2n) is 5.62. The predicted octanol–water partition coefficient (Wildman–Crippen LogP) is 2.19. The van der Waals surface area contributed by atoms with Crippen molar-refractivity contribution >= 4 is 27.6 Å². The topological polar surface area (TPSA) is 92.8 Å². The zero-order valence-electron chi connectivity index (χ0n) is 15.2. The molecule has 0 aromatic heterocycles. The van der Waals surface area contributed by atoms with Crippen LogP contribution in [0.15, 0.2) is 59.5 Å². The molecule has 1 amide bonds. The lowest BCUT2D eigenvalue weighted by Crippen LogP contribution is -2.38. The quantitative estimate of drug-likeness (QED) is 0.698. The molecular formula is C19H22N2O5S. The third-order valence-electron chi connectivity index (χ3n) is 3.75. The Balaban J connectivity index is 2.16. The van der Waals surface area contributed by atoms with Gasteiger partial charge in [-0.25, -0.2) is 17.9 Å². The molecule has 1 N–H and O–H groups in total. The highest BCUT2D eigenvalue weighted by molar-refractivity contribution is 7.89. The zero-order valence-corrected chi connectivity index (χ0v) is 16.0. The molecule has 144 valence electrons. The van der Waals surface area contributed by atoms with Gasteiger partial charge >= 0.3 is 5.97 Å². The molecule has 2 rings (SSSR count). The summed E-state index contributed by atoms with van der Waals surface area (Å²) in [5.74, 6) is -0.852. The van der Waals surface area contributed by atoms with Gasteiger partial charge in [0.15, 0.2) is 0 Å². The molecule has 0 heterocycles. The summed E-state index contributed by atoms with van der Waals surface area (Å²) in [5.41, 5.74) is 0.628. The molecule has 0 aliphatic carbocycles. The number of rotatable bonds is 8. The van der Waals surface area contributed by atoms with Crippen molar-refractivity contribution in [3.8, 4) is 0 Å². The molecule has 0 radical (unpaired) electrons. The highest BCUT2D eigenvalue weighted by atomic mass is 32.2. The molecule has 0 saturated heterocycles. The average Bonchev–Trinajstić information content (AvgIpc) is 2.66. The zero-order chi connectivity index (χ0) is 19.9. The van der Waals surface area contributed by atoms with E-state index in [0.29, 0.717) is 5.69 Å². The Kier molecular flexibility index (Phi) is 7.09. The monoisotopic (exact) mass is 390 g/mol. The van der Waals surface area contributed by atoms with E-state index < -0.39 is 16.0 Å². The normalized spacial score (nSPS) is 11.0. The van der Waals surface area contributed by atoms with Gasteiger partial charge in [0.25, 0.3) is 0 Å². The molecule has 2 aromatic rings. The van der Waals surface area contributed by atoms with Crippen LogP contribution in [0, 0.1) is 0 Å². The molecule has 0 saturated carbocycles. The van der Waals surface area contributed by atoms with Crippen molar-refractivity contribution in [1.29, 1.82) is 0 Å². The third-order valence-corrected chi connectivity index (χ3v) is 5.23. The van der Waals surface area contributed by atoms with Gasteiger partial charge in [0.2, 0.25) is 15.9 Å². The summed E-state index contributed by atoms with van der Waals surface area (Å²) in [6.45, 7) is 3.32. The Hall–Kier alpha value is -2.71. The van der Waals surface area contributed by atoms with E-state index in [1.165, 1.54) is 24.0 Å². The fraction of sp³-hybridized carbons (Fsp3) is 0.263. The van der Waals surface area contributed by atoms with Crippen LogP contribution >= 0.6 is 0 Å². The summed E-state index contributed by atoms with van der Waals surface area (Å²) in [6.07, 6.45) is 0. The van der Waals surface area contributed by atoms with Crippen molar-refractivity contribution in [3.05, 3.63) is 60.2 Å². The Labute approximate surface area is 159 Å². The maximum absolute atomic E-state index is 12.3. The van der Waals surface area contributed by atoms with Crippen LogP contribution in [-0.4, -0.2) is 40.0 Å². The smallest absolute Gasteiger partial charge is 0.340 e. The van der Waals surface area contributed by atoms with E-state index in [2.05, 4.69) is 4.72 Å². The summed E-state index contributed by atoms with van der Waals surface area (Å²) in [4.78, 5) is 25.7. The molecular weight excluding hydrogens is 368 g/mol. The number of hydrogen-bond acceptors (Lipinski definition) is 5. The fourth-order valence-electron chi connectivity index (χ4n) is 2.51. The highest BCUT2D eigenvalue weighted by Crippen LogP contribution is 2.21. The van der Waals surface area contributed by atoms with Crippen LogP contribution in [-0.2, 0) is 19.6 Å². The molecule has 0 aliphatic rings. The molecule has 0 unspecified atom stereocenters. The van der Waals surface area contributed by atoms with Crippen LogP contribution in [0.5, 0.6) is 0 Å². The molecule has 0 fully saturated rings. The Morgan fingerprint density at radius 1 is 1.04 bits per heavy atom. The Morgan fingerprint density at radius 3 is 2.30 bits per heavy atom. The number of amides is 1. The maximum Gasteiger partial charge on any atom is 0.340 e. The third kappa shape index (κ3) is 5.38. The van der Waals surface area contributed by atoms with E-state index in [1.807, 2.05) is 0 Å². The van der Waals surface area contributed by atoms with Gasteiger partial charge in [-0.1, -0.05) is 30.3 Å². The predicted molar refractivity (Wildman–Crippen MR) is 102 cm³/mol. The van der Waals surface area contributed by atoms with Crippen molar-refractivity contribution in [2.75, 3.05) is 24.6 Å². The number of anilines is 1. The summed E-state index contributed by atoms with van der Waals surface area (Å²) in [7, 11) is -3.68. The van der Waals surface area contributed by atoms with Crippen LogP contribution in [0.2, 0.25) is 0 Å².